The van der Waals surface area contributed by atoms with Gasteiger partial charge in [0.2, 0.25) is 0 Å². The van der Waals surface area contributed by atoms with Crippen LogP contribution in [0.1, 0.15) is 0 Å². The molecule has 1 nitrogen and oxygen atoms in total. The third-order valence-corrected chi connectivity index (χ3v) is 4.00. The Bertz CT molecular complexity index is 381. The van der Waals surface area contributed by atoms with Gasteiger partial charge < -0.3 is 4.74 Å². The molecule has 0 saturated heterocycles. The van der Waals surface area contributed by atoms with Crippen LogP contribution in [0.4, 0.5) is 17.6 Å². The molecular formula is C10H12F4OSi. The Morgan fingerprint density at radius 1 is 1.12 bits per heavy atom. The van der Waals surface area contributed by atoms with Gasteiger partial charge in [-0.25, -0.2) is 4.39 Å². The first-order valence-corrected chi connectivity index (χ1v) is 8.16. The first kappa shape index (κ1) is 13.0. The van der Waals surface area contributed by atoms with E-state index in [0.29, 0.717) is 5.19 Å². The molecule has 0 atom stereocenters. The average Bonchev–Trinajstić information content (AvgIpc) is 2.04. The molecule has 16 heavy (non-hydrogen) atoms. The number of alkyl halides is 3. The highest BCUT2D eigenvalue weighted by Gasteiger charge is 2.33. The summed E-state index contributed by atoms with van der Waals surface area (Å²) in [5.74, 6) is -1.66. The van der Waals surface area contributed by atoms with Gasteiger partial charge in [0.25, 0.3) is 0 Å². The molecule has 0 N–H and O–H groups in total. The molecular weight excluding hydrogens is 240 g/mol. The summed E-state index contributed by atoms with van der Waals surface area (Å²) in [6.07, 6.45) is -4.86. The van der Waals surface area contributed by atoms with Crippen molar-refractivity contribution in [3.63, 3.8) is 0 Å². The van der Waals surface area contributed by atoms with E-state index in [4.69, 9.17) is 0 Å². The highest BCUT2D eigenvalue weighted by Crippen LogP contribution is 2.25. The zero-order valence-electron chi connectivity index (χ0n) is 9.15. The van der Waals surface area contributed by atoms with E-state index in [0.717, 1.165) is 6.07 Å². The van der Waals surface area contributed by atoms with Gasteiger partial charge in [0.05, 0.1) is 8.07 Å². The fourth-order valence-electron chi connectivity index (χ4n) is 1.29. The molecule has 0 spiro atoms. The minimum atomic E-state index is -4.86. The van der Waals surface area contributed by atoms with E-state index in [-0.39, 0.29) is 0 Å². The van der Waals surface area contributed by atoms with Gasteiger partial charge in [-0.2, -0.15) is 0 Å². The van der Waals surface area contributed by atoms with E-state index in [1.165, 1.54) is 12.1 Å². The van der Waals surface area contributed by atoms with Crippen LogP contribution in [0.5, 0.6) is 5.75 Å². The molecule has 0 heterocycles. The predicted octanol–water partition coefficient (Wildman–Crippen LogP) is 3.27. The summed E-state index contributed by atoms with van der Waals surface area (Å²) in [7, 11) is -2.01. The lowest BCUT2D eigenvalue weighted by atomic mass is 10.3. The molecule has 0 amide bonds. The van der Waals surface area contributed by atoms with Crippen molar-refractivity contribution >= 4 is 13.3 Å². The predicted molar refractivity (Wildman–Crippen MR) is 56.1 cm³/mol. The Hall–Kier alpha value is -1.04. The molecule has 6 heteroatoms. The highest BCUT2D eigenvalue weighted by molar-refractivity contribution is 6.88. The van der Waals surface area contributed by atoms with E-state index in [1.807, 2.05) is 19.6 Å². The van der Waals surface area contributed by atoms with Crippen molar-refractivity contribution < 1.29 is 22.3 Å². The van der Waals surface area contributed by atoms with Gasteiger partial charge in [-0.3, -0.25) is 0 Å². The Kier molecular flexibility index (Phi) is 3.32. The van der Waals surface area contributed by atoms with Gasteiger partial charge in [-0.05, 0) is 11.3 Å². The molecule has 0 bridgehead atoms. The zero-order chi connectivity index (χ0) is 12.6. The van der Waals surface area contributed by atoms with E-state index in [9.17, 15) is 17.6 Å². The van der Waals surface area contributed by atoms with Crippen molar-refractivity contribution in [1.29, 1.82) is 0 Å². The second-order valence-corrected chi connectivity index (χ2v) is 9.45. The summed E-state index contributed by atoms with van der Waals surface area (Å²) in [5.41, 5.74) is 0. The van der Waals surface area contributed by atoms with Crippen molar-refractivity contribution in [2.45, 2.75) is 26.0 Å². The van der Waals surface area contributed by atoms with E-state index in [1.54, 1.807) is 0 Å². The molecule has 0 fully saturated rings. The monoisotopic (exact) mass is 252 g/mol. The minimum Gasteiger partial charge on any atom is -0.403 e. The van der Waals surface area contributed by atoms with Crippen LogP contribution < -0.4 is 9.92 Å². The molecule has 1 aromatic carbocycles. The summed E-state index contributed by atoms with van der Waals surface area (Å²) >= 11 is 0. The van der Waals surface area contributed by atoms with Crippen LogP contribution in [0.2, 0.25) is 19.6 Å². The molecule has 0 aliphatic heterocycles. The summed E-state index contributed by atoms with van der Waals surface area (Å²) in [4.78, 5) is 0. The minimum absolute atomic E-state index is 0.328. The molecule has 90 valence electrons. The van der Waals surface area contributed by atoms with Crippen LogP contribution in [0.15, 0.2) is 18.2 Å². The molecule has 0 radical (unpaired) electrons. The lowest BCUT2D eigenvalue weighted by Crippen LogP contribution is -2.40. The average molecular weight is 252 g/mol. The lowest BCUT2D eigenvalue weighted by Gasteiger charge is -2.19. The smallest absolute Gasteiger partial charge is 0.403 e. The second kappa shape index (κ2) is 4.08. The Morgan fingerprint density at radius 2 is 1.69 bits per heavy atom. The van der Waals surface area contributed by atoms with E-state index < -0.39 is 26.0 Å². The first-order valence-electron chi connectivity index (χ1n) is 4.66. The van der Waals surface area contributed by atoms with Crippen molar-refractivity contribution in [2.75, 3.05) is 0 Å². The van der Waals surface area contributed by atoms with Crippen LogP contribution in [-0.2, 0) is 0 Å². The van der Waals surface area contributed by atoms with Gasteiger partial charge in [-0.1, -0.05) is 31.8 Å². The summed E-state index contributed by atoms with van der Waals surface area (Å²) in [6.45, 7) is 5.55. The SMILES string of the molecule is C[Si](C)(C)c1cccc(OC(F)(F)F)c1F. The fraction of sp³-hybridized carbons (Fsp3) is 0.400. The summed E-state index contributed by atoms with van der Waals surface area (Å²) in [6, 6.07) is 3.86. The molecule has 1 rings (SSSR count). The molecule has 0 unspecified atom stereocenters. The maximum Gasteiger partial charge on any atom is 0.573 e. The third-order valence-electron chi connectivity index (χ3n) is 2.00. The first-order chi connectivity index (χ1) is 7.11. The molecule has 0 saturated carbocycles. The molecule has 0 aliphatic rings. The maximum absolute atomic E-state index is 13.7. The summed E-state index contributed by atoms with van der Waals surface area (Å²) < 4.78 is 53.2. The quantitative estimate of drug-likeness (QED) is 0.580. The number of ether oxygens (including phenoxy) is 1. The zero-order valence-corrected chi connectivity index (χ0v) is 10.2. The van der Waals surface area contributed by atoms with Crippen LogP contribution in [0, 0.1) is 5.82 Å². The number of rotatable bonds is 2. The molecule has 0 aromatic heterocycles. The van der Waals surface area contributed by atoms with Crippen molar-refractivity contribution in [3.8, 4) is 5.75 Å². The number of hydrogen-bond acceptors (Lipinski definition) is 1. The maximum atomic E-state index is 13.7. The van der Waals surface area contributed by atoms with Crippen molar-refractivity contribution in [2.24, 2.45) is 0 Å². The Balaban J connectivity index is 3.15. The van der Waals surface area contributed by atoms with Gasteiger partial charge in [0.15, 0.2) is 11.6 Å². The van der Waals surface area contributed by atoms with Crippen LogP contribution in [-0.4, -0.2) is 14.4 Å². The molecule has 0 aliphatic carbocycles. The van der Waals surface area contributed by atoms with Crippen molar-refractivity contribution in [1.82, 2.24) is 0 Å². The summed E-state index contributed by atoms with van der Waals surface area (Å²) in [5, 5.41) is 0.328. The molecule has 1 aromatic rings. The largest absolute Gasteiger partial charge is 0.573 e. The van der Waals surface area contributed by atoms with Gasteiger partial charge in [0.1, 0.15) is 0 Å². The highest BCUT2D eigenvalue weighted by atomic mass is 28.3. The van der Waals surface area contributed by atoms with Gasteiger partial charge in [-0.15, -0.1) is 13.2 Å². The topological polar surface area (TPSA) is 9.23 Å². The van der Waals surface area contributed by atoms with Crippen LogP contribution in [0.3, 0.4) is 0 Å². The Morgan fingerprint density at radius 3 is 2.12 bits per heavy atom. The normalized spacial score (nSPS) is 12.7. The van der Waals surface area contributed by atoms with Crippen molar-refractivity contribution in [3.05, 3.63) is 24.0 Å². The number of benzene rings is 1. The van der Waals surface area contributed by atoms with Gasteiger partial charge in [0, 0.05) is 0 Å². The number of hydrogen-bond donors (Lipinski definition) is 0. The van der Waals surface area contributed by atoms with E-state index >= 15 is 0 Å². The third kappa shape index (κ3) is 3.23. The lowest BCUT2D eigenvalue weighted by molar-refractivity contribution is -0.275. The second-order valence-electron chi connectivity index (χ2n) is 4.42. The van der Waals surface area contributed by atoms with E-state index in [2.05, 4.69) is 4.74 Å². The standard InChI is InChI=1S/C10H12F4OSi/c1-16(2,3)8-6-4-5-7(9(8)11)15-10(12,13)14/h4-6H,1-3H3. The Labute approximate surface area is 92.0 Å². The van der Waals surface area contributed by atoms with Crippen LogP contribution in [0.25, 0.3) is 0 Å². The fourth-order valence-corrected chi connectivity index (χ4v) is 2.67. The van der Waals surface area contributed by atoms with Crippen LogP contribution >= 0.6 is 0 Å². The van der Waals surface area contributed by atoms with Gasteiger partial charge >= 0.3 is 6.36 Å². The number of halogens is 4.